The van der Waals surface area contributed by atoms with Crippen LogP contribution < -0.4 is 10.6 Å². The molecule has 0 fully saturated rings. The summed E-state index contributed by atoms with van der Waals surface area (Å²) in [6.45, 7) is 2.40. The third-order valence-corrected chi connectivity index (χ3v) is 1.90. The number of imide groups is 1. The second kappa shape index (κ2) is 8.49. The van der Waals surface area contributed by atoms with Gasteiger partial charge in [-0.2, -0.15) is 0 Å². The van der Waals surface area contributed by atoms with Gasteiger partial charge < -0.3 is 10.1 Å². The Balaban J connectivity index is 3.68. The van der Waals surface area contributed by atoms with Gasteiger partial charge in [-0.25, -0.2) is 4.79 Å². The van der Waals surface area contributed by atoms with E-state index in [1.807, 2.05) is 6.92 Å². The largest absolute Gasteiger partial charge is 0.385 e. The summed E-state index contributed by atoms with van der Waals surface area (Å²) in [5.74, 6) is -0.167. The van der Waals surface area contributed by atoms with E-state index >= 15 is 0 Å². The SMILES string of the molecule is COCCC(C)NC(=O)NC(=O)CCCl. The van der Waals surface area contributed by atoms with Crippen LogP contribution in [0.2, 0.25) is 0 Å². The van der Waals surface area contributed by atoms with Crippen LogP contribution in [0.25, 0.3) is 0 Å². The Hall–Kier alpha value is -0.810. The first-order chi connectivity index (χ1) is 7.10. The van der Waals surface area contributed by atoms with Gasteiger partial charge in [-0.1, -0.05) is 0 Å². The van der Waals surface area contributed by atoms with Crippen molar-refractivity contribution in [2.75, 3.05) is 19.6 Å². The maximum Gasteiger partial charge on any atom is 0.321 e. The Morgan fingerprint density at radius 3 is 2.67 bits per heavy atom. The summed E-state index contributed by atoms with van der Waals surface area (Å²) < 4.78 is 4.86. The molecular weight excluding hydrogens is 220 g/mol. The van der Waals surface area contributed by atoms with Crippen molar-refractivity contribution < 1.29 is 14.3 Å². The molecular formula is C9H17ClN2O3. The van der Waals surface area contributed by atoms with Crippen molar-refractivity contribution in [2.24, 2.45) is 0 Å². The van der Waals surface area contributed by atoms with Crippen molar-refractivity contribution in [1.29, 1.82) is 0 Å². The lowest BCUT2D eigenvalue weighted by Crippen LogP contribution is -2.43. The van der Waals surface area contributed by atoms with Gasteiger partial charge in [0.1, 0.15) is 0 Å². The molecule has 88 valence electrons. The number of carbonyl (C=O) groups is 2. The zero-order chi connectivity index (χ0) is 11.7. The van der Waals surface area contributed by atoms with E-state index in [4.69, 9.17) is 16.3 Å². The summed E-state index contributed by atoms with van der Waals surface area (Å²) in [4.78, 5) is 22.1. The number of hydrogen-bond acceptors (Lipinski definition) is 3. The average Bonchev–Trinajstić information content (AvgIpc) is 2.14. The van der Waals surface area contributed by atoms with Gasteiger partial charge in [-0.15, -0.1) is 11.6 Å². The molecule has 0 aromatic heterocycles. The number of alkyl halides is 1. The van der Waals surface area contributed by atoms with Crippen LogP contribution in [-0.2, 0) is 9.53 Å². The van der Waals surface area contributed by atoms with Gasteiger partial charge in [0.2, 0.25) is 5.91 Å². The highest BCUT2D eigenvalue weighted by molar-refractivity contribution is 6.19. The molecule has 15 heavy (non-hydrogen) atoms. The molecule has 0 aromatic rings. The molecule has 0 radical (unpaired) electrons. The molecule has 1 atom stereocenters. The summed E-state index contributed by atoms with van der Waals surface area (Å²) in [5.41, 5.74) is 0. The maximum absolute atomic E-state index is 11.2. The van der Waals surface area contributed by atoms with Crippen LogP contribution in [0, 0.1) is 0 Å². The zero-order valence-corrected chi connectivity index (χ0v) is 9.76. The number of nitrogens with one attached hydrogen (secondary N) is 2. The van der Waals surface area contributed by atoms with E-state index in [1.54, 1.807) is 7.11 Å². The molecule has 0 aliphatic carbocycles. The van der Waals surface area contributed by atoms with Crippen LogP contribution in [0.3, 0.4) is 0 Å². The van der Waals surface area contributed by atoms with Crippen molar-refractivity contribution in [3.05, 3.63) is 0 Å². The molecule has 6 heteroatoms. The standard InChI is InChI=1S/C9H17ClN2O3/c1-7(4-6-15-2)11-9(14)12-8(13)3-5-10/h7H,3-6H2,1-2H3,(H2,11,12,13,14). The summed E-state index contributed by atoms with van der Waals surface area (Å²) in [7, 11) is 1.59. The highest BCUT2D eigenvalue weighted by atomic mass is 35.5. The number of hydrogen-bond donors (Lipinski definition) is 2. The molecule has 0 saturated carbocycles. The fourth-order valence-corrected chi connectivity index (χ4v) is 1.07. The van der Waals surface area contributed by atoms with E-state index in [9.17, 15) is 9.59 Å². The predicted octanol–water partition coefficient (Wildman–Crippen LogP) is 0.866. The van der Waals surface area contributed by atoms with E-state index in [-0.39, 0.29) is 24.2 Å². The molecule has 0 rings (SSSR count). The van der Waals surface area contributed by atoms with Crippen molar-refractivity contribution in [2.45, 2.75) is 25.8 Å². The van der Waals surface area contributed by atoms with E-state index in [1.165, 1.54) is 0 Å². The number of amides is 3. The smallest absolute Gasteiger partial charge is 0.321 e. The summed E-state index contributed by atoms with van der Waals surface area (Å²) in [6.07, 6.45) is 0.842. The topological polar surface area (TPSA) is 67.4 Å². The second-order valence-corrected chi connectivity index (χ2v) is 3.52. The maximum atomic E-state index is 11.2. The number of ether oxygens (including phenoxy) is 1. The van der Waals surface area contributed by atoms with Crippen molar-refractivity contribution in [3.8, 4) is 0 Å². The number of rotatable bonds is 6. The molecule has 0 aliphatic rings. The van der Waals surface area contributed by atoms with Gasteiger partial charge in [-0.3, -0.25) is 10.1 Å². The highest BCUT2D eigenvalue weighted by Crippen LogP contribution is 1.90. The minimum atomic E-state index is -0.492. The third kappa shape index (κ3) is 8.20. The molecule has 0 spiro atoms. The van der Waals surface area contributed by atoms with Crippen LogP contribution in [0.5, 0.6) is 0 Å². The molecule has 2 N–H and O–H groups in total. The number of urea groups is 1. The summed E-state index contributed by atoms with van der Waals surface area (Å²) >= 11 is 5.35. The van der Waals surface area contributed by atoms with Gasteiger partial charge in [0, 0.05) is 32.1 Å². The fraction of sp³-hybridized carbons (Fsp3) is 0.778. The molecule has 0 saturated heterocycles. The molecule has 3 amide bonds. The quantitative estimate of drug-likeness (QED) is 0.673. The van der Waals surface area contributed by atoms with Crippen LogP contribution in [0.1, 0.15) is 19.8 Å². The Labute approximate surface area is 94.5 Å². The molecule has 1 unspecified atom stereocenters. The van der Waals surface area contributed by atoms with Gasteiger partial charge >= 0.3 is 6.03 Å². The first-order valence-corrected chi connectivity index (χ1v) is 5.28. The minimum absolute atomic E-state index is 0.0336. The Bertz CT molecular complexity index is 212. The molecule has 0 aliphatic heterocycles. The first-order valence-electron chi connectivity index (χ1n) is 4.75. The van der Waals surface area contributed by atoms with Gasteiger partial charge in [0.25, 0.3) is 0 Å². The van der Waals surface area contributed by atoms with Crippen LogP contribution in [0.15, 0.2) is 0 Å². The van der Waals surface area contributed by atoms with E-state index < -0.39 is 6.03 Å². The van der Waals surface area contributed by atoms with Gasteiger partial charge in [0.15, 0.2) is 0 Å². The normalized spacial score (nSPS) is 11.9. The lowest BCUT2D eigenvalue weighted by Gasteiger charge is -2.13. The first kappa shape index (κ1) is 14.2. The summed E-state index contributed by atoms with van der Waals surface area (Å²) in [5, 5.41) is 4.78. The lowest BCUT2D eigenvalue weighted by molar-refractivity contribution is -0.119. The van der Waals surface area contributed by atoms with E-state index in [0.29, 0.717) is 13.0 Å². The predicted molar refractivity (Wildman–Crippen MR) is 58.0 cm³/mol. The average molecular weight is 237 g/mol. The van der Waals surface area contributed by atoms with Crippen molar-refractivity contribution >= 4 is 23.5 Å². The van der Waals surface area contributed by atoms with Crippen molar-refractivity contribution in [1.82, 2.24) is 10.6 Å². The summed E-state index contributed by atoms with van der Waals surface area (Å²) in [6, 6.07) is -0.525. The monoisotopic (exact) mass is 236 g/mol. The third-order valence-electron chi connectivity index (χ3n) is 1.71. The van der Waals surface area contributed by atoms with E-state index in [2.05, 4.69) is 10.6 Å². The number of methoxy groups -OCH3 is 1. The molecule has 0 aromatic carbocycles. The lowest BCUT2D eigenvalue weighted by atomic mass is 10.2. The highest BCUT2D eigenvalue weighted by Gasteiger charge is 2.09. The Morgan fingerprint density at radius 1 is 1.47 bits per heavy atom. The number of carbonyl (C=O) groups excluding carboxylic acids is 2. The molecule has 0 heterocycles. The van der Waals surface area contributed by atoms with Gasteiger partial charge in [-0.05, 0) is 13.3 Å². The fourth-order valence-electron chi connectivity index (χ4n) is 0.902. The second-order valence-electron chi connectivity index (χ2n) is 3.14. The zero-order valence-electron chi connectivity index (χ0n) is 9.01. The number of halogens is 1. The minimum Gasteiger partial charge on any atom is -0.385 e. The Kier molecular flexibility index (Phi) is 8.04. The van der Waals surface area contributed by atoms with Crippen LogP contribution in [-0.4, -0.2) is 37.6 Å². The Morgan fingerprint density at radius 2 is 2.13 bits per heavy atom. The van der Waals surface area contributed by atoms with E-state index in [0.717, 1.165) is 0 Å². The van der Waals surface area contributed by atoms with Crippen LogP contribution in [0.4, 0.5) is 4.79 Å². The van der Waals surface area contributed by atoms with Crippen LogP contribution >= 0.6 is 11.6 Å². The molecule has 5 nitrogen and oxygen atoms in total. The van der Waals surface area contributed by atoms with Gasteiger partial charge in [0.05, 0.1) is 0 Å². The van der Waals surface area contributed by atoms with Crippen molar-refractivity contribution in [3.63, 3.8) is 0 Å². The molecule has 0 bridgehead atoms.